The van der Waals surface area contributed by atoms with Gasteiger partial charge in [-0.1, -0.05) is 115 Å². The van der Waals surface area contributed by atoms with Crippen LogP contribution < -0.4 is 4.90 Å². The molecule has 0 saturated heterocycles. The smallest absolute Gasteiger partial charge is 0.137 e. The van der Waals surface area contributed by atoms with Crippen LogP contribution in [0.15, 0.2) is 203 Å². The standard InChI is InChI=1S/C52H32N2O2/c1-2-12-35(13-3-1)50-51-39-14-5-4-11-33(39)22-29-45(51)53-30-10-17-40(52(50)53)34-20-23-36(24-21-34)54(37-25-27-43-41-15-6-8-18-46(41)55-48(43)31-37)38-26-28-44-42-16-7-9-19-47(42)56-49(44)32-38/h1-32H. The van der Waals surface area contributed by atoms with Gasteiger partial charge in [-0.05, 0) is 82.6 Å². The fraction of sp³-hybridized carbons (Fsp3) is 0. The number of anilines is 3. The van der Waals surface area contributed by atoms with E-state index in [2.05, 4.69) is 179 Å². The highest BCUT2D eigenvalue weighted by Crippen LogP contribution is 2.45. The predicted octanol–water partition coefficient (Wildman–Crippen LogP) is 14.8. The SMILES string of the molecule is c1ccc(-c2c3c4ccccc4ccc3n3cccc(-c4ccc(N(c5ccc6c(c5)oc5ccccc56)c5ccc6c(c5)oc5ccccc56)cc4)c23)cc1. The maximum Gasteiger partial charge on any atom is 0.137 e. The molecule has 4 nitrogen and oxygen atoms in total. The average Bonchev–Trinajstić information content (AvgIpc) is 3.93. The van der Waals surface area contributed by atoms with E-state index in [-0.39, 0.29) is 0 Å². The predicted molar refractivity (Wildman–Crippen MR) is 233 cm³/mol. The number of pyridine rings is 1. The molecule has 0 saturated carbocycles. The molecule has 4 heteroatoms. The Morgan fingerprint density at radius 3 is 1.64 bits per heavy atom. The first kappa shape index (κ1) is 30.9. The van der Waals surface area contributed by atoms with Crippen molar-refractivity contribution in [1.82, 2.24) is 4.40 Å². The highest BCUT2D eigenvalue weighted by Gasteiger charge is 2.21. The number of aromatic nitrogens is 1. The third-order valence-electron chi connectivity index (χ3n) is 11.4. The Labute approximate surface area is 321 Å². The molecule has 0 aliphatic carbocycles. The van der Waals surface area contributed by atoms with Crippen LogP contribution in [0.1, 0.15) is 0 Å². The summed E-state index contributed by atoms with van der Waals surface area (Å²) in [5.41, 5.74) is 13.7. The summed E-state index contributed by atoms with van der Waals surface area (Å²) < 4.78 is 15.2. The van der Waals surface area contributed by atoms with Gasteiger partial charge in [-0.3, -0.25) is 0 Å². The zero-order valence-corrected chi connectivity index (χ0v) is 30.2. The molecule has 0 unspecified atom stereocenters. The van der Waals surface area contributed by atoms with Crippen molar-refractivity contribution in [1.29, 1.82) is 0 Å². The lowest BCUT2D eigenvalue weighted by Crippen LogP contribution is -2.09. The molecule has 12 aromatic rings. The van der Waals surface area contributed by atoms with Crippen LogP contribution in [0.3, 0.4) is 0 Å². The van der Waals surface area contributed by atoms with Gasteiger partial charge >= 0.3 is 0 Å². The number of hydrogen-bond donors (Lipinski definition) is 0. The Hall–Kier alpha value is -7.56. The minimum Gasteiger partial charge on any atom is -0.456 e. The molecule has 0 aliphatic rings. The Kier molecular flexibility index (Phi) is 6.60. The second-order valence-electron chi connectivity index (χ2n) is 14.5. The lowest BCUT2D eigenvalue weighted by molar-refractivity contribution is 0.669. The minimum absolute atomic E-state index is 0.850. The van der Waals surface area contributed by atoms with Gasteiger partial charge in [-0.15, -0.1) is 0 Å². The lowest BCUT2D eigenvalue weighted by Gasteiger charge is -2.25. The van der Waals surface area contributed by atoms with E-state index in [4.69, 9.17) is 8.83 Å². The quantitative estimate of drug-likeness (QED) is 0.178. The number of hydrogen-bond acceptors (Lipinski definition) is 3. The Bertz CT molecular complexity index is 3370. The molecule has 56 heavy (non-hydrogen) atoms. The van der Waals surface area contributed by atoms with E-state index in [1.165, 1.54) is 43.9 Å². The number of fused-ring (bicyclic) bond motifs is 11. The first-order valence-electron chi connectivity index (χ1n) is 19.0. The molecule has 0 atom stereocenters. The van der Waals surface area contributed by atoms with Crippen molar-refractivity contribution in [2.24, 2.45) is 0 Å². The van der Waals surface area contributed by atoms with E-state index in [9.17, 15) is 0 Å². The Morgan fingerprint density at radius 1 is 0.393 bits per heavy atom. The van der Waals surface area contributed by atoms with E-state index in [1.807, 2.05) is 24.3 Å². The van der Waals surface area contributed by atoms with Crippen molar-refractivity contribution in [3.05, 3.63) is 194 Å². The second-order valence-corrected chi connectivity index (χ2v) is 14.5. The van der Waals surface area contributed by atoms with Crippen molar-refractivity contribution >= 4 is 88.1 Å². The maximum absolute atomic E-state index is 6.39. The molecule has 0 fully saturated rings. The van der Waals surface area contributed by atoms with Crippen LogP contribution in [-0.2, 0) is 0 Å². The molecule has 0 aliphatic heterocycles. The summed E-state index contributed by atoms with van der Waals surface area (Å²) in [6, 6.07) is 66.8. The summed E-state index contributed by atoms with van der Waals surface area (Å²) in [5.74, 6) is 0. The molecule has 0 bridgehead atoms. The first-order valence-corrected chi connectivity index (χ1v) is 19.0. The topological polar surface area (TPSA) is 33.9 Å². The molecule has 0 amide bonds. The largest absolute Gasteiger partial charge is 0.456 e. The van der Waals surface area contributed by atoms with Crippen molar-refractivity contribution in [2.75, 3.05) is 4.90 Å². The van der Waals surface area contributed by atoms with Crippen molar-refractivity contribution in [3.8, 4) is 22.3 Å². The number of nitrogens with zero attached hydrogens (tertiary/aromatic N) is 2. The van der Waals surface area contributed by atoms with Gasteiger partial charge in [0.25, 0.3) is 0 Å². The normalized spacial score (nSPS) is 11.9. The van der Waals surface area contributed by atoms with Gasteiger partial charge in [0.2, 0.25) is 0 Å². The van der Waals surface area contributed by atoms with Gasteiger partial charge in [0.15, 0.2) is 0 Å². The third kappa shape index (κ3) is 4.60. The van der Waals surface area contributed by atoms with E-state index in [0.29, 0.717) is 0 Å². The number of para-hydroxylation sites is 2. The molecule has 4 heterocycles. The van der Waals surface area contributed by atoms with Crippen LogP contribution in [0.4, 0.5) is 17.1 Å². The van der Waals surface area contributed by atoms with Gasteiger partial charge in [0.05, 0.1) is 11.0 Å². The van der Waals surface area contributed by atoms with Gasteiger partial charge < -0.3 is 18.1 Å². The monoisotopic (exact) mass is 716 g/mol. The molecule has 4 aromatic heterocycles. The van der Waals surface area contributed by atoms with Crippen LogP contribution in [0.25, 0.3) is 93.3 Å². The molecular weight excluding hydrogens is 685 g/mol. The third-order valence-corrected chi connectivity index (χ3v) is 11.4. The van der Waals surface area contributed by atoms with Crippen molar-refractivity contribution in [3.63, 3.8) is 0 Å². The molecule has 12 rings (SSSR count). The van der Waals surface area contributed by atoms with Crippen LogP contribution in [0.2, 0.25) is 0 Å². The summed E-state index contributed by atoms with van der Waals surface area (Å²) in [6.45, 7) is 0. The number of benzene rings is 8. The fourth-order valence-corrected chi connectivity index (χ4v) is 8.87. The maximum atomic E-state index is 6.39. The second kappa shape index (κ2) is 12.0. The lowest BCUT2D eigenvalue weighted by atomic mass is 9.95. The first-order chi connectivity index (χ1) is 27.8. The Balaban J connectivity index is 1.05. The molecule has 8 aromatic carbocycles. The highest BCUT2D eigenvalue weighted by atomic mass is 16.3. The van der Waals surface area contributed by atoms with Crippen LogP contribution in [0, 0.1) is 0 Å². The summed E-state index contributed by atoms with van der Waals surface area (Å²) in [7, 11) is 0. The molecule has 0 radical (unpaired) electrons. The van der Waals surface area contributed by atoms with E-state index in [1.54, 1.807) is 0 Å². The van der Waals surface area contributed by atoms with E-state index in [0.717, 1.165) is 66.5 Å². The van der Waals surface area contributed by atoms with Gasteiger partial charge in [-0.2, -0.15) is 0 Å². The summed E-state index contributed by atoms with van der Waals surface area (Å²) in [5, 5.41) is 8.19. The zero-order valence-electron chi connectivity index (χ0n) is 30.2. The average molecular weight is 717 g/mol. The molecular formula is C52H32N2O2. The van der Waals surface area contributed by atoms with E-state index >= 15 is 0 Å². The molecule has 0 N–H and O–H groups in total. The summed E-state index contributed by atoms with van der Waals surface area (Å²) in [4.78, 5) is 2.29. The van der Waals surface area contributed by atoms with Gasteiger partial charge in [0, 0.05) is 73.4 Å². The number of furan rings is 2. The number of rotatable bonds is 5. The van der Waals surface area contributed by atoms with Crippen LogP contribution in [-0.4, -0.2) is 4.40 Å². The highest BCUT2D eigenvalue weighted by molar-refractivity contribution is 6.20. The Morgan fingerprint density at radius 2 is 0.964 bits per heavy atom. The van der Waals surface area contributed by atoms with E-state index < -0.39 is 0 Å². The van der Waals surface area contributed by atoms with Gasteiger partial charge in [-0.25, -0.2) is 0 Å². The minimum atomic E-state index is 0.850. The fourth-order valence-electron chi connectivity index (χ4n) is 8.87. The molecule has 262 valence electrons. The van der Waals surface area contributed by atoms with Crippen molar-refractivity contribution < 1.29 is 8.83 Å². The van der Waals surface area contributed by atoms with Crippen LogP contribution >= 0.6 is 0 Å². The summed E-state index contributed by atoms with van der Waals surface area (Å²) in [6.07, 6.45) is 2.20. The zero-order chi connectivity index (χ0) is 36.7. The van der Waals surface area contributed by atoms with Crippen LogP contribution in [0.5, 0.6) is 0 Å². The van der Waals surface area contributed by atoms with Crippen molar-refractivity contribution in [2.45, 2.75) is 0 Å². The summed E-state index contributed by atoms with van der Waals surface area (Å²) >= 11 is 0. The molecule has 0 spiro atoms. The van der Waals surface area contributed by atoms with Gasteiger partial charge in [0.1, 0.15) is 22.3 Å².